The van der Waals surface area contributed by atoms with Crippen molar-refractivity contribution in [3.05, 3.63) is 70.7 Å². The van der Waals surface area contributed by atoms with Crippen LogP contribution in [0, 0.1) is 5.92 Å². The fourth-order valence-electron chi connectivity index (χ4n) is 2.15. The highest BCUT2D eigenvalue weighted by molar-refractivity contribution is 6.30. The molecule has 2 rings (SSSR count). The molecule has 2 nitrogen and oxygen atoms in total. The summed E-state index contributed by atoms with van der Waals surface area (Å²) in [4.78, 5) is 12.3. The Kier molecular flexibility index (Phi) is 4.80. The van der Waals surface area contributed by atoms with Gasteiger partial charge >= 0.3 is 0 Å². The Morgan fingerprint density at radius 1 is 1.05 bits per heavy atom. The fraction of sp³-hybridized carbons (Fsp3) is 0.235. The van der Waals surface area contributed by atoms with Gasteiger partial charge in [-0.2, -0.15) is 0 Å². The molecule has 0 aliphatic carbocycles. The number of carbonyl (C=O) groups is 1. The predicted molar refractivity (Wildman–Crippen MR) is 82.9 cm³/mol. The molecular formula is C17H18ClNO. The van der Waals surface area contributed by atoms with Crippen LogP contribution in [0.15, 0.2) is 54.6 Å². The second-order valence-corrected chi connectivity index (χ2v) is 5.55. The van der Waals surface area contributed by atoms with Crippen LogP contribution in [0.5, 0.6) is 0 Å². The van der Waals surface area contributed by atoms with E-state index in [0.717, 1.165) is 5.56 Å². The summed E-state index contributed by atoms with van der Waals surface area (Å²) in [5.74, 6) is 0.204. The van der Waals surface area contributed by atoms with Crippen molar-refractivity contribution in [2.75, 3.05) is 0 Å². The quantitative estimate of drug-likeness (QED) is 0.883. The third-order valence-electron chi connectivity index (χ3n) is 3.20. The zero-order chi connectivity index (χ0) is 14.5. The van der Waals surface area contributed by atoms with Gasteiger partial charge in [-0.3, -0.25) is 4.79 Å². The first-order valence-electron chi connectivity index (χ1n) is 6.69. The smallest absolute Gasteiger partial charge is 0.251 e. The summed E-state index contributed by atoms with van der Waals surface area (Å²) < 4.78 is 0. The van der Waals surface area contributed by atoms with Crippen molar-refractivity contribution in [2.24, 2.45) is 5.92 Å². The van der Waals surface area contributed by atoms with Crippen molar-refractivity contribution in [3.8, 4) is 0 Å². The van der Waals surface area contributed by atoms with Crippen LogP contribution < -0.4 is 5.32 Å². The van der Waals surface area contributed by atoms with Crippen molar-refractivity contribution >= 4 is 17.5 Å². The summed E-state index contributed by atoms with van der Waals surface area (Å²) in [5.41, 5.74) is 1.69. The Balaban J connectivity index is 2.19. The van der Waals surface area contributed by atoms with Gasteiger partial charge in [-0.15, -0.1) is 0 Å². The summed E-state index contributed by atoms with van der Waals surface area (Å²) in [6.07, 6.45) is 0. The van der Waals surface area contributed by atoms with Crippen molar-refractivity contribution in [2.45, 2.75) is 19.9 Å². The Morgan fingerprint density at radius 2 is 1.75 bits per heavy atom. The molecule has 0 saturated carbocycles. The normalized spacial score (nSPS) is 12.2. The van der Waals surface area contributed by atoms with Crippen LogP contribution in [0.3, 0.4) is 0 Å². The van der Waals surface area contributed by atoms with Gasteiger partial charge in [-0.1, -0.05) is 61.8 Å². The maximum atomic E-state index is 12.3. The van der Waals surface area contributed by atoms with Gasteiger partial charge in [0.2, 0.25) is 0 Å². The zero-order valence-corrected chi connectivity index (χ0v) is 12.4. The second-order valence-electron chi connectivity index (χ2n) is 5.12. The fourth-order valence-corrected chi connectivity index (χ4v) is 2.34. The molecule has 0 aliphatic heterocycles. The highest BCUT2D eigenvalue weighted by Gasteiger charge is 2.18. The van der Waals surface area contributed by atoms with Crippen LogP contribution in [0.25, 0.3) is 0 Å². The molecule has 20 heavy (non-hydrogen) atoms. The SMILES string of the molecule is CC(C)[C@@H](NC(=O)c1cccc(Cl)c1)c1ccccc1. The second kappa shape index (κ2) is 6.58. The van der Waals surface area contributed by atoms with E-state index in [1.54, 1.807) is 24.3 Å². The van der Waals surface area contributed by atoms with E-state index >= 15 is 0 Å². The van der Waals surface area contributed by atoms with Gasteiger partial charge in [-0.25, -0.2) is 0 Å². The van der Waals surface area contributed by atoms with Crippen molar-refractivity contribution in [1.29, 1.82) is 0 Å². The molecule has 0 unspecified atom stereocenters. The average Bonchev–Trinajstić information content (AvgIpc) is 2.45. The Morgan fingerprint density at radius 3 is 2.35 bits per heavy atom. The number of nitrogens with one attached hydrogen (secondary N) is 1. The van der Waals surface area contributed by atoms with E-state index in [1.807, 2.05) is 30.3 Å². The van der Waals surface area contributed by atoms with Gasteiger partial charge < -0.3 is 5.32 Å². The molecule has 0 aromatic heterocycles. The summed E-state index contributed by atoms with van der Waals surface area (Å²) in [6, 6.07) is 17.0. The third kappa shape index (κ3) is 3.61. The molecule has 2 aromatic rings. The first-order chi connectivity index (χ1) is 9.58. The van der Waals surface area contributed by atoms with E-state index in [2.05, 4.69) is 19.2 Å². The van der Waals surface area contributed by atoms with E-state index in [1.165, 1.54) is 0 Å². The van der Waals surface area contributed by atoms with E-state index < -0.39 is 0 Å². The summed E-state index contributed by atoms with van der Waals surface area (Å²) in [7, 11) is 0. The molecule has 1 amide bonds. The van der Waals surface area contributed by atoms with Crippen LogP contribution in [-0.4, -0.2) is 5.91 Å². The van der Waals surface area contributed by atoms with Crippen LogP contribution in [0.2, 0.25) is 5.02 Å². The average molecular weight is 288 g/mol. The number of hydrogen-bond acceptors (Lipinski definition) is 1. The lowest BCUT2D eigenvalue weighted by Crippen LogP contribution is -2.31. The van der Waals surface area contributed by atoms with E-state index in [0.29, 0.717) is 16.5 Å². The monoisotopic (exact) mass is 287 g/mol. The van der Waals surface area contributed by atoms with Crippen LogP contribution in [0.4, 0.5) is 0 Å². The number of carbonyl (C=O) groups excluding carboxylic acids is 1. The predicted octanol–water partition coefficient (Wildman–Crippen LogP) is 4.47. The maximum Gasteiger partial charge on any atom is 0.251 e. The molecule has 104 valence electrons. The van der Waals surface area contributed by atoms with Gasteiger partial charge in [0.05, 0.1) is 6.04 Å². The standard InChI is InChI=1S/C17H18ClNO/c1-12(2)16(13-7-4-3-5-8-13)19-17(20)14-9-6-10-15(18)11-14/h3-12,16H,1-2H3,(H,19,20)/t16-/m1/s1. The molecule has 0 saturated heterocycles. The molecule has 1 atom stereocenters. The Labute approximate surface area is 124 Å². The van der Waals surface area contributed by atoms with E-state index in [4.69, 9.17) is 11.6 Å². The van der Waals surface area contributed by atoms with Crippen molar-refractivity contribution in [1.82, 2.24) is 5.32 Å². The van der Waals surface area contributed by atoms with Gasteiger partial charge in [0.1, 0.15) is 0 Å². The molecular weight excluding hydrogens is 270 g/mol. The first kappa shape index (κ1) is 14.6. The lowest BCUT2D eigenvalue weighted by atomic mass is 9.95. The lowest BCUT2D eigenvalue weighted by Gasteiger charge is -2.23. The molecule has 2 aromatic carbocycles. The van der Waals surface area contributed by atoms with Crippen LogP contribution >= 0.6 is 11.6 Å². The maximum absolute atomic E-state index is 12.3. The number of amides is 1. The van der Waals surface area contributed by atoms with Gasteiger partial charge in [0.25, 0.3) is 5.91 Å². The minimum Gasteiger partial charge on any atom is -0.345 e. The van der Waals surface area contributed by atoms with E-state index in [9.17, 15) is 4.79 Å². The van der Waals surface area contributed by atoms with Crippen LogP contribution in [0.1, 0.15) is 35.8 Å². The minimum atomic E-state index is -0.102. The molecule has 0 bridgehead atoms. The zero-order valence-electron chi connectivity index (χ0n) is 11.6. The van der Waals surface area contributed by atoms with Gasteiger partial charge in [-0.05, 0) is 29.7 Å². The molecule has 0 spiro atoms. The largest absolute Gasteiger partial charge is 0.345 e. The number of hydrogen-bond donors (Lipinski definition) is 1. The highest BCUT2D eigenvalue weighted by Crippen LogP contribution is 2.22. The van der Waals surface area contributed by atoms with Gasteiger partial charge in [0, 0.05) is 10.6 Å². The van der Waals surface area contributed by atoms with Crippen molar-refractivity contribution in [3.63, 3.8) is 0 Å². The number of rotatable bonds is 4. The molecule has 3 heteroatoms. The summed E-state index contributed by atoms with van der Waals surface area (Å²) >= 11 is 5.93. The molecule has 0 heterocycles. The third-order valence-corrected chi connectivity index (χ3v) is 3.43. The number of benzene rings is 2. The topological polar surface area (TPSA) is 29.1 Å². The van der Waals surface area contributed by atoms with E-state index in [-0.39, 0.29) is 11.9 Å². The van der Waals surface area contributed by atoms with Crippen LogP contribution in [-0.2, 0) is 0 Å². The highest BCUT2D eigenvalue weighted by atomic mass is 35.5. The molecule has 0 aliphatic rings. The Bertz CT molecular complexity index is 581. The minimum absolute atomic E-state index is 0.0114. The number of halogens is 1. The Hall–Kier alpha value is -1.80. The first-order valence-corrected chi connectivity index (χ1v) is 7.07. The molecule has 1 N–H and O–H groups in total. The molecule has 0 radical (unpaired) electrons. The van der Waals surface area contributed by atoms with Crippen molar-refractivity contribution < 1.29 is 4.79 Å². The van der Waals surface area contributed by atoms with Gasteiger partial charge in [0.15, 0.2) is 0 Å². The summed E-state index contributed by atoms with van der Waals surface area (Å²) in [5, 5.41) is 3.65. The molecule has 0 fully saturated rings. The summed E-state index contributed by atoms with van der Waals surface area (Å²) in [6.45, 7) is 4.19. The lowest BCUT2D eigenvalue weighted by molar-refractivity contribution is 0.0925.